The predicted molar refractivity (Wildman–Crippen MR) is 68.1 cm³/mol. The molecule has 2 aromatic rings. The van der Waals surface area contributed by atoms with Crippen molar-refractivity contribution >= 4 is 45.6 Å². The Bertz CT molecular complexity index is 491. The topological polar surface area (TPSA) is 0 Å². The molecule has 0 atom stereocenters. The number of benzene rings is 2. The third kappa shape index (κ3) is 2.23. The van der Waals surface area contributed by atoms with Gasteiger partial charge in [-0.1, -0.05) is 17.7 Å². The van der Waals surface area contributed by atoms with Gasteiger partial charge in [0.1, 0.15) is 0 Å². The van der Waals surface area contributed by atoms with Crippen molar-refractivity contribution in [2.45, 2.75) is 11.8 Å². The molecule has 0 aliphatic heterocycles. The summed E-state index contributed by atoms with van der Waals surface area (Å²) in [6.45, 7) is 0. The van der Waals surface area contributed by atoms with Gasteiger partial charge in [0.05, 0.1) is 0 Å². The molecule has 2 aromatic carbocycles. The summed E-state index contributed by atoms with van der Waals surface area (Å²) in [6, 6.07) is 9.92. The minimum atomic E-state index is 0.477. The molecule has 78 valence electrons. The van der Waals surface area contributed by atoms with Gasteiger partial charge >= 0.3 is 0 Å². The lowest BCUT2D eigenvalue weighted by Crippen LogP contribution is -1.88. The molecule has 0 aliphatic carbocycles. The van der Waals surface area contributed by atoms with E-state index in [-0.39, 0.29) is 0 Å². The van der Waals surface area contributed by atoms with Crippen molar-refractivity contribution in [1.29, 1.82) is 0 Å². The molecule has 0 nitrogen and oxygen atoms in total. The second-order valence-corrected chi connectivity index (χ2v) is 4.35. The molecule has 0 bridgehead atoms. The molecule has 0 unspecified atom stereocenters. The highest BCUT2D eigenvalue weighted by atomic mass is 35.5. The molecule has 0 N–H and O–H groups in total. The Morgan fingerprint density at radius 2 is 1.40 bits per heavy atom. The quantitative estimate of drug-likeness (QED) is 0.668. The second kappa shape index (κ2) is 4.61. The number of hydrogen-bond donors (Lipinski definition) is 0. The molecule has 0 saturated heterocycles. The summed E-state index contributed by atoms with van der Waals surface area (Å²) in [5, 5.41) is 2.98. The zero-order valence-electron chi connectivity index (χ0n) is 7.93. The Morgan fingerprint density at radius 1 is 0.800 bits per heavy atom. The Kier molecular flexibility index (Phi) is 3.40. The summed E-state index contributed by atoms with van der Waals surface area (Å²) in [5.74, 6) is 0.963. The molecule has 0 spiro atoms. The molecule has 0 saturated carbocycles. The fourth-order valence-corrected chi connectivity index (χ4v) is 2.29. The molecular formula is C12H9Cl3. The number of halogens is 3. The molecule has 0 amide bonds. The molecule has 15 heavy (non-hydrogen) atoms. The van der Waals surface area contributed by atoms with Gasteiger partial charge in [0.15, 0.2) is 0 Å². The maximum atomic E-state index is 5.93. The second-order valence-electron chi connectivity index (χ2n) is 3.38. The monoisotopic (exact) mass is 258 g/mol. The van der Waals surface area contributed by atoms with Crippen LogP contribution < -0.4 is 0 Å². The Morgan fingerprint density at radius 3 is 2.00 bits per heavy atom. The van der Waals surface area contributed by atoms with Crippen LogP contribution in [-0.4, -0.2) is 0 Å². The van der Waals surface area contributed by atoms with Crippen LogP contribution in [0.2, 0.25) is 5.02 Å². The molecule has 0 aromatic heterocycles. The van der Waals surface area contributed by atoms with Gasteiger partial charge in [-0.3, -0.25) is 0 Å². The standard InChI is InChI=1S/C12H9Cl3/c13-6-10-3-8-1-2-12(15)5-9(8)4-11(10)7-14/h1-5H,6-7H2. The van der Waals surface area contributed by atoms with Crippen molar-refractivity contribution < 1.29 is 0 Å². The Hall–Kier alpha value is -0.430. The largest absolute Gasteiger partial charge is 0.122 e. The van der Waals surface area contributed by atoms with Gasteiger partial charge in [-0.2, -0.15) is 0 Å². The SMILES string of the molecule is ClCc1cc2ccc(Cl)cc2cc1CCl. The van der Waals surface area contributed by atoms with Crippen molar-refractivity contribution in [3.63, 3.8) is 0 Å². The van der Waals surface area contributed by atoms with Crippen LogP contribution in [0.4, 0.5) is 0 Å². The minimum Gasteiger partial charge on any atom is -0.122 e. The zero-order valence-corrected chi connectivity index (χ0v) is 10.2. The van der Waals surface area contributed by atoms with E-state index in [0.717, 1.165) is 26.9 Å². The van der Waals surface area contributed by atoms with E-state index in [0.29, 0.717) is 11.8 Å². The van der Waals surface area contributed by atoms with Crippen LogP contribution in [0.3, 0.4) is 0 Å². The van der Waals surface area contributed by atoms with E-state index in [1.807, 2.05) is 24.3 Å². The van der Waals surface area contributed by atoms with E-state index in [2.05, 4.69) is 6.07 Å². The van der Waals surface area contributed by atoms with Crippen molar-refractivity contribution in [2.24, 2.45) is 0 Å². The number of alkyl halides is 2. The summed E-state index contributed by atoms with van der Waals surface area (Å²) in [5.41, 5.74) is 2.16. The summed E-state index contributed by atoms with van der Waals surface area (Å²) in [7, 11) is 0. The van der Waals surface area contributed by atoms with Crippen LogP contribution in [0.25, 0.3) is 10.8 Å². The smallest absolute Gasteiger partial charge is 0.0477 e. The van der Waals surface area contributed by atoms with Gasteiger partial charge in [0.25, 0.3) is 0 Å². The minimum absolute atomic E-state index is 0.477. The Balaban J connectivity index is 2.69. The van der Waals surface area contributed by atoms with Gasteiger partial charge in [0, 0.05) is 16.8 Å². The first-order valence-corrected chi connectivity index (χ1v) is 6.02. The van der Waals surface area contributed by atoms with Crippen LogP contribution >= 0.6 is 34.8 Å². The average Bonchev–Trinajstić information content (AvgIpc) is 2.27. The van der Waals surface area contributed by atoms with Crippen LogP contribution in [0.5, 0.6) is 0 Å². The van der Waals surface area contributed by atoms with Crippen molar-refractivity contribution in [2.75, 3.05) is 0 Å². The van der Waals surface area contributed by atoms with Crippen LogP contribution in [0.1, 0.15) is 11.1 Å². The van der Waals surface area contributed by atoms with Gasteiger partial charge in [-0.25, -0.2) is 0 Å². The highest BCUT2D eigenvalue weighted by molar-refractivity contribution is 6.31. The van der Waals surface area contributed by atoms with E-state index < -0.39 is 0 Å². The summed E-state index contributed by atoms with van der Waals surface area (Å²) in [4.78, 5) is 0. The van der Waals surface area contributed by atoms with Crippen molar-refractivity contribution in [3.05, 3.63) is 46.5 Å². The highest BCUT2D eigenvalue weighted by Gasteiger charge is 2.03. The van der Waals surface area contributed by atoms with E-state index in [4.69, 9.17) is 34.8 Å². The van der Waals surface area contributed by atoms with Crippen molar-refractivity contribution in [1.82, 2.24) is 0 Å². The van der Waals surface area contributed by atoms with Crippen LogP contribution in [0.15, 0.2) is 30.3 Å². The van der Waals surface area contributed by atoms with E-state index in [9.17, 15) is 0 Å². The zero-order chi connectivity index (χ0) is 10.8. The lowest BCUT2D eigenvalue weighted by Gasteiger charge is -2.07. The maximum Gasteiger partial charge on any atom is 0.0477 e. The number of hydrogen-bond acceptors (Lipinski definition) is 0. The normalized spacial score (nSPS) is 10.9. The number of fused-ring (bicyclic) bond motifs is 1. The lowest BCUT2D eigenvalue weighted by atomic mass is 10.0. The molecule has 0 aliphatic rings. The third-order valence-corrected chi connectivity index (χ3v) is 3.22. The fraction of sp³-hybridized carbons (Fsp3) is 0.167. The van der Waals surface area contributed by atoms with E-state index in [1.165, 1.54) is 0 Å². The molecular weight excluding hydrogens is 250 g/mol. The van der Waals surface area contributed by atoms with Gasteiger partial charge in [-0.05, 0) is 46.2 Å². The third-order valence-electron chi connectivity index (χ3n) is 2.41. The summed E-state index contributed by atoms with van der Waals surface area (Å²) < 4.78 is 0. The first kappa shape index (κ1) is 11.1. The maximum absolute atomic E-state index is 5.93. The lowest BCUT2D eigenvalue weighted by molar-refractivity contribution is 1.29. The highest BCUT2D eigenvalue weighted by Crippen LogP contribution is 2.25. The van der Waals surface area contributed by atoms with Crippen LogP contribution in [-0.2, 0) is 11.8 Å². The molecule has 2 rings (SSSR count). The molecule has 0 radical (unpaired) electrons. The van der Waals surface area contributed by atoms with Gasteiger partial charge in [0.2, 0.25) is 0 Å². The predicted octanol–water partition coefficient (Wildman–Crippen LogP) is 4.97. The summed E-state index contributed by atoms with van der Waals surface area (Å²) >= 11 is 17.6. The fourth-order valence-electron chi connectivity index (χ4n) is 1.61. The average molecular weight is 260 g/mol. The van der Waals surface area contributed by atoms with Gasteiger partial charge in [-0.15, -0.1) is 23.2 Å². The Labute approximate surface area is 104 Å². The first-order valence-electron chi connectivity index (χ1n) is 4.57. The van der Waals surface area contributed by atoms with E-state index >= 15 is 0 Å². The van der Waals surface area contributed by atoms with E-state index in [1.54, 1.807) is 0 Å². The molecule has 0 heterocycles. The summed E-state index contributed by atoms with van der Waals surface area (Å²) in [6.07, 6.45) is 0. The molecule has 3 heteroatoms. The van der Waals surface area contributed by atoms with Gasteiger partial charge < -0.3 is 0 Å². The van der Waals surface area contributed by atoms with Crippen molar-refractivity contribution in [3.8, 4) is 0 Å². The molecule has 0 fully saturated rings. The first-order chi connectivity index (χ1) is 7.24. The van der Waals surface area contributed by atoms with Crippen LogP contribution in [0, 0.1) is 0 Å². The number of rotatable bonds is 2.